The zero-order valence-electron chi connectivity index (χ0n) is 19.2. The topological polar surface area (TPSA) is 133 Å². The Bertz CT molecular complexity index is 841. The molecular weight excluding hydrogens is 441 g/mol. The molecule has 172 valence electrons. The number of carbonyl (C=O) groups excluding carboxylic acids is 4. The molecule has 0 N–H and O–H groups in total. The second-order valence-electron chi connectivity index (χ2n) is 7.71. The number of carboxylic acid groups (broad SMARTS) is 2. The van der Waals surface area contributed by atoms with Crippen molar-refractivity contribution < 1.29 is 38.9 Å². The van der Waals surface area contributed by atoms with Crippen molar-refractivity contribution >= 4 is 46.9 Å². The molecule has 0 aliphatic rings. The summed E-state index contributed by atoms with van der Waals surface area (Å²) < 4.78 is 9.98. The van der Waals surface area contributed by atoms with Crippen LogP contribution in [0.4, 0.5) is 0 Å². The third-order valence-corrected chi connectivity index (χ3v) is 3.81. The Kier molecular flexibility index (Phi) is 13.7. The molecular formula is C24H26MgO8. The molecule has 0 fully saturated rings. The molecule has 0 bridgehead atoms. The van der Waals surface area contributed by atoms with E-state index in [0.717, 1.165) is 0 Å². The summed E-state index contributed by atoms with van der Waals surface area (Å²) in [7, 11) is 0. The van der Waals surface area contributed by atoms with E-state index in [4.69, 9.17) is 9.47 Å². The molecule has 9 heteroatoms. The van der Waals surface area contributed by atoms with E-state index in [1.165, 1.54) is 48.5 Å². The Morgan fingerprint density at radius 3 is 1.06 bits per heavy atom. The van der Waals surface area contributed by atoms with Crippen LogP contribution in [0.5, 0.6) is 0 Å². The van der Waals surface area contributed by atoms with Crippen LogP contribution < -0.4 is 10.2 Å². The normalized spacial score (nSPS) is 9.88. The Hall–Kier alpha value is -2.91. The Morgan fingerprint density at radius 1 is 0.606 bits per heavy atom. The van der Waals surface area contributed by atoms with Gasteiger partial charge in [0.2, 0.25) is 0 Å². The van der Waals surface area contributed by atoms with E-state index in [1.54, 1.807) is 0 Å². The zero-order chi connectivity index (χ0) is 24.3. The first-order valence-corrected chi connectivity index (χ1v) is 9.98. The SMILES string of the molecule is CC(C)COC(=O)c1ccc(C(=O)[O-])cc1.CC(C)COC(=O)c1ccc(C(=O)[O-])cc1.[Mg+2]. The number of esters is 2. The fourth-order valence-electron chi connectivity index (χ4n) is 2.14. The van der Waals surface area contributed by atoms with Crippen LogP contribution >= 0.6 is 0 Å². The summed E-state index contributed by atoms with van der Waals surface area (Å²) in [6.07, 6.45) is 0. The largest absolute Gasteiger partial charge is 2.00 e. The van der Waals surface area contributed by atoms with Gasteiger partial charge in [-0.3, -0.25) is 0 Å². The Labute approximate surface area is 209 Å². The number of benzene rings is 2. The molecule has 2 aromatic rings. The number of hydrogen-bond donors (Lipinski definition) is 0. The van der Waals surface area contributed by atoms with E-state index in [-0.39, 0.29) is 46.0 Å². The van der Waals surface area contributed by atoms with Crippen LogP contribution in [-0.4, -0.2) is 60.1 Å². The fraction of sp³-hybridized carbons (Fsp3) is 0.333. The van der Waals surface area contributed by atoms with Gasteiger partial charge in [0.1, 0.15) is 0 Å². The smallest absolute Gasteiger partial charge is 0.545 e. The van der Waals surface area contributed by atoms with Crippen molar-refractivity contribution in [2.45, 2.75) is 27.7 Å². The minimum absolute atomic E-state index is 0. The third kappa shape index (κ3) is 11.5. The molecule has 33 heavy (non-hydrogen) atoms. The summed E-state index contributed by atoms with van der Waals surface area (Å²) in [6, 6.07) is 10.9. The van der Waals surface area contributed by atoms with Crippen LogP contribution in [0, 0.1) is 11.8 Å². The molecule has 0 radical (unpaired) electrons. The summed E-state index contributed by atoms with van der Waals surface area (Å²) in [5.74, 6) is -2.88. The van der Waals surface area contributed by atoms with Crippen LogP contribution in [-0.2, 0) is 9.47 Å². The van der Waals surface area contributed by atoms with Crippen molar-refractivity contribution in [2.24, 2.45) is 11.8 Å². The van der Waals surface area contributed by atoms with Crippen LogP contribution in [0.25, 0.3) is 0 Å². The summed E-state index contributed by atoms with van der Waals surface area (Å²) in [6.45, 7) is 8.44. The van der Waals surface area contributed by atoms with Crippen molar-refractivity contribution in [3.63, 3.8) is 0 Å². The molecule has 0 aromatic heterocycles. The van der Waals surface area contributed by atoms with Gasteiger partial charge < -0.3 is 29.3 Å². The quantitative estimate of drug-likeness (QED) is 0.420. The molecule has 0 aliphatic carbocycles. The van der Waals surface area contributed by atoms with Gasteiger partial charge in [-0.25, -0.2) is 9.59 Å². The van der Waals surface area contributed by atoms with E-state index < -0.39 is 23.9 Å². The van der Waals surface area contributed by atoms with Gasteiger partial charge in [-0.1, -0.05) is 52.0 Å². The summed E-state index contributed by atoms with van der Waals surface area (Å²) >= 11 is 0. The maximum absolute atomic E-state index is 11.4. The number of carboxylic acids is 2. The van der Waals surface area contributed by atoms with Crippen LogP contribution in [0.1, 0.15) is 69.1 Å². The third-order valence-electron chi connectivity index (χ3n) is 3.81. The number of carbonyl (C=O) groups is 4. The van der Waals surface area contributed by atoms with E-state index in [2.05, 4.69) is 0 Å². The van der Waals surface area contributed by atoms with Gasteiger partial charge in [0.05, 0.1) is 36.3 Å². The molecule has 0 amide bonds. The summed E-state index contributed by atoms with van der Waals surface area (Å²) in [5.41, 5.74) is 0.761. The molecule has 0 atom stereocenters. The van der Waals surface area contributed by atoms with Gasteiger partial charge in [-0.15, -0.1) is 0 Å². The second-order valence-corrected chi connectivity index (χ2v) is 7.71. The van der Waals surface area contributed by atoms with E-state index in [0.29, 0.717) is 24.3 Å². The average Bonchev–Trinajstić information content (AvgIpc) is 2.76. The van der Waals surface area contributed by atoms with E-state index in [9.17, 15) is 29.4 Å². The van der Waals surface area contributed by atoms with Crippen LogP contribution in [0.15, 0.2) is 48.5 Å². The maximum Gasteiger partial charge on any atom is 2.00 e. The van der Waals surface area contributed by atoms with Crippen LogP contribution in [0.2, 0.25) is 0 Å². The standard InChI is InChI=1S/2C12H14O4.Mg/c2*1-8(2)7-16-12(15)10-5-3-9(4-6-10)11(13)14;/h2*3-6,8H,7H2,1-2H3,(H,13,14);/q;;+2/p-2. The molecule has 0 heterocycles. The van der Waals surface area contributed by atoms with Gasteiger partial charge in [-0.2, -0.15) is 0 Å². The van der Waals surface area contributed by atoms with Crippen molar-refractivity contribution in [3.8, 4) is 0 Å². The minimum Gasteiger partial charge on any atom is -0.545 e. The zero-order valence-corrected chi connectivity index (χ0v) is 20.6. The van der Waals surface area contributed by atoms with Gasteiger partial charge in [0.15, 0.2) is 0 Å². The number of ether oxygens (including phenoxy) is 2. The molecule has 0 saturated heterocycles. The van der Waals surface area contributed by atoms with Crippen molar-refractivity contribution in [1.29, 1.82) is 0 Å². The first-order chi connectivity index (χ1) is 15.0. The molecule has 8 nitrogen and oxygen atoms in total. The van der Waals surface area contributed by atoms with Crippen molar-refractivity contribution in [3.05, 3.63) is 70.8 Å². The maximum atomic E-state index is 11.4. The van der Waals surface area contributed by atoms with Crippen molar-refractivity contribution in [1.82, 2.24) is 0 Å². The van der Waals surface area contributed by atoms with Gasteiger partial charge in [0.25, 0.3) is 0 Å². The molecule has 0 unspecified atom stereocenters. The van der Waals surface area contributed by atoms with E-state index >= 15 is 0 Å². The Morgan fingerprint density at radius 2 is 0.848 bits per heavy atom. The number of rotatable bonds is 8. The Balaban J connectivity index is 0.000000602. The van der Waals surface area contributed by atoms with Gasteiger partial charge in [-0.05, 0) is 47.2 Å². The summed E-state index contributed by atoms with van der Waals surface area (Å²) in [5, 5.41) is 20.9. The first-order valence-electron chi connectivity index (χ1n) is 9.98. The van der Waals surface area contributed by atoms with Gasteiger partial charge in [0, 0.05) is 0 Å². The van der Waals surface area contributed by atoms with Crippen molar-refractivity contribution in [2.75, 3.05) is 13.2 Å². The predicted molar refractivity (Wildman–Crippen MR) is 118 cm³/mol. The monoisotopic (exact) mass is 466 g/mol. The number of hydrogen-bond acceptors (Lipinski definition) is 8. The van der Waals surface area contributed by atoms with E-state index in [1.807, 2.05) is 27.7 Å². The molecule has 0 aliphatic heterocycles. The fourth-order valence-corrected chi connectivity index (χ4v) is 2.14. The van der Waals surface area contributed by atoms with Crippen LogP contribution in [0.3, 0.4) is 0 Å². The average molecular weight is 467 g/mol. The second kappa shape index (κ2) is 15.0. The molecule has 2 aromatic carbocycles. The molecule has 0 saturated carbocycles. The minimum atomic E-state index is -1.26. The predicted octanol–water partition coefficient (Wildman–Crippen LogP) is 1.34. The molecule has 2 rings (SSSR count). The summed E-state index contributed by atoms with van der Waals surface area (Å²) in [4.78, 5) is 43.8. The first kappa shape index (κ1) is 30.1. The number of aromatic carboxylic acids is 2. The molecule has 0 spiro atoms. The van der Waals surface area contributed by atoms with Gasteiger partial charge >= 0.3 is 35.0 Å².